The zero-order valence-electron chi connectivity index (χ0n) is 16.9. The number of hydrogen-bond acceptors (Lipinski definition) is 5. The number of rotatable bonds is 7. The van der Waals surface area contributed by atoms with E-state index in [9.17, 15) is 4.57 Å². The van der Waals surface area contributed by atoms with Gasteiger partial charge in [0.2, 0.25) is 0 Å². The van der Waals surface area contributed by atoms with Crippen LogP contribution in [0.25, 0.3) is 0 Å². The smallest absolute Gasteiger partial charge is 0.497 e. The highest BCUT2D eigenvalue weighted by atomic mass is 31.2. The van der Waals surface area contributed by atoms with E-state index < -0.39 is 7.75 Å². The second kappa shape index (κ2) is 9.24. The fourth-order valence-electron chi connectivity index (χ4n) is 3.36. The van der Waals surface area contributed by atoms with Gasteiger partial charge in [-0.1, -0.05) is 36.4 Å². The van der Waals surface area contributed by atoms with Crippen molar-refractivity contribution in [1.82, 2.24) is 4.67 Å². The molecule has 0 atom stereocenters. The molecule has 0 unspecified atom stereocenters. The molecule has 1 aliphatic rings. The number of para-hydroxylation sites is 2. The molecule has 1 saturated heterocycles. The number of piperazine rings is 1. The molecular formula is C23H25N2O4P. The van der Waals surface area contributed by atoms with Gasteiger partial charge in [-0.05, 0) is 48.5 Å². The summed E-state index contributed by atoms with van der Waals surface area (Å²) in [6.07, 6.45) is 0. The molecule has 0 radical (unpaired) electrons. The summed E-state index contributed by atoms with van der Waals surface area (Å²) in [5.74, 6) is 1.87. The summed E-state index contributed by atoms with van der Waals surface area (Å²) >= 11 is 0. The molecule has 0 saturated carbocycles. The van der Waals surface area contributed by atoms with Crippen LogP contribution in [0.15, 0.2) is 84.9 Å². The Morgan fingerprint density at radius 3 is 1.63 bits per heavy atom. The molecule has 4 rings (SSSR count). The number of benzene rings is 3. The van der Waals surface area contributed by atoms with Gasteiger partial charge in [0, 0.05) is 31.9 Å². The Labute approximate surface area is 177 Å². The predicted molar refractivity (Wildman–Crippen MR) is 119 cm³/mol. The number of anilines is 1. The van der Waals surface area contributed by atoms with Crippen LogP contribution >= 0.6 is 7.75 Å². The Morgan fingerprint density at radius 2 is 1.17 bits per heavy atom. The molecular weight excluding hydrogens is 399 g/mol. The van der Waals surface area contributed by atoms with Gasteiger partial charge in [0.1, 0.15) is 17.2 Å². The van der Waals surface area contributed by atoms with E-state index in [0.29, 0.717) is 37.7 Å². The molecule has 0 N–H and O–H groups in total. The summed E-state index contributed by atoms with van der Waals surface area (Å²) in [6.45, 7) is 2.55. The van der Waals surface area contributed by atoms with E-state index in [4.69, 9.17) is 13.8 Å². The minimum absolute atomic E-state index is 0.523. The van der Waals surface area contributed by atoms with Gasteiger partial charge >= 0.3 is 7.75 Å². The van der Waals surface area contributed by atoms with Crippen molar-refractivity contribution in [1.29, 1.82) is 0 Å². The molecule has 1 fully saturated rings. The Kier molecular flexibility index (Phi) is 6.26. The van der Waals surface area contributed by atoms with Crippen molar-refractivity contribution in [3.05, 3.63) is 84.9 Å². The maximum atomic E-state index is 13.9. The van der Waals surface area contributed by atoms with Gasteiger partial charge in [-0.2, -0.15) is 4.67 Å². The number of ether oxygens (including phenoxy) is 1. The van der Waals surface area contributed by atoms with Crippen LogP contribution in [0.1, 0.15) is 0 Å². The third-order valence-corrected chi connectivity index (χ3v) is 6.94. The van der Waals surface area contributed by atoms with Crippen LogP contribution < -0.4 is 18.7 Å². The van der Waals surface area contributed by atoms with Crippen molar-refractivity contribution in [2.24, 2.45) is 0 Å². The Morgan fingerprint density at radius 1 is 0.667 bits per heavy atom. The molecule has 0 spiro atoms. The molecule has 6 nitrogen and oxygen atoms in total. The second-order valence-electron chi connectivity index (χ2n) is 6.92. The Hall–Kier alpha value is -2.95. The van der Waals surface area contributed by atoms with Crippen LogP contribution in [0.2, 0.25) is 0 Å². The lowest BCUT2D eigenvalue weighted by Gasteiger charge is -2.38. The van der Waals surface area contributed by atoms with Crippen LogP contribution in [0.5, 0.6) is 17.2 Å². The van der Waals surface area contributed by atoms with Crippen molar-refractivity contribution in [2.75, 3.05) is 38.2 Å². The van der Waals surface area contributed by atoms with Crippen molar-refractivity contribution < 1.29 is 18.3 Å². The highest BCUT2D eigenvalue weighted by Crippen LogP contribution is 2.52. The molecule has 1 heterocycles. The molecule has 0 aliphatic carbocycles. The van der Waals surface area contributed by atoms with Crippen LogP contribution in [0.4, 0.5) is 5.69 Å². The lowest BCUT2D eigenvalue weighted by Crippen LogP contribution is -2.46. The molecule has 7 heteroatoms. The van der Waals surface area contributed by atoms with Gasteiger partial charge < -0.3 is 18.7 Å². The van der Waals surface area contributed by atoms with Gasteiger partial charge in [0.15, 0.2) is 0 Å². The quantitative estimate of drug-likeness (QED) is 0.493. The van der Waals surface area contributed by atoms with Crippen LogP contribution in [0.3, 0.4) is 0 Å². The summed E-state index contributed by atoms with van der Waals surface area (Å²) in [4.78, 5) is 2.26. The minimum Gasteiger partial charge on any atom is -0.497 e. The van der Waals surface area contributed by atoms with Crippen molar-refractivity contribution in [3.63, 3.8) is 0 Å². The normalized spacial score (nSPS) is 14.9. The second-order valence-corrected chi connectivity index (χ2v) is 8.78. The molecule has 0 aromatic heterocycles. The largest absolute Gasteiger partial charge is 0.515 e. The lowest BCUT2D eigenvalue weighted by atomic mass is 10.2. The van der Waals surface area contributed by atoms with E-state index in [1.165, 1.54) is 0 Å². The fraction of sp³-hybridized carbons (Fsp3) is 0.217. The first-order valence-corrected chi connectivity index (χ1v) is 11.4. The van der Waals surface area contributed by atoms with E-state index in [1.807, 2.05) is 65.3 Å². The van der Waals surface area contributed by atoms with E-state index in [1.54, 1.807) is 31.4 Å². The molecule has 156 valence electrons. The number of nitrogens with zero attached hydrogens (tertiary/aromatic N) is 2. The third kappa shape index (κ3) is 4.78. The first kappa shape index (κ1) is 20.3. The van der Waals surface area contributed by atoms with Gasteiger partial charge in [-0.3, -0.25) is 0 Å². The topological polar surface area (TPSA) is 51.2 Å². The minimum atomic E-state index is -3.58. The molecule has 3 aromatic carbocycles. The summed E-state index contributed by atoms with van der Waals surface area (Å²) in [7, 11) is -1.93. The summed E-state index contributed by atoms with van der Waals surface area (Å²) in [5.41, 5.74) is 1.11. The fourth-order valence-corrected chi connectivity index (χ4v) is 5.07. The zero-order valence-corrected chi connectivity index (χ0v) is 17.8. The summed E-state index contributed by atoms with van der Waals surface area (Å²) in [5, 5.41) is 0. The standard InChI is InChI=1S/C23H25N2O4P/c1-27-21-14-12-20(13-15-21)24-16-18-25(19-17-24)30(26,28-22-8-4-2-5-9-22)29-23-10-6-3-7-11-23/h2-15H,16-19H2,1H3. The van der Waals surface area contributed by atoms with Gasteiger partial charge in [0.25, 0.3) is 0 Å². The van der Waals surface area contributed by atoms with Crippen molar-refractivity contribution >= 4 is 13.4 Å². The Bertz CT molecular complexity index is 930. The number of methoxy groups -OCH3 is 1. The summed E-state index contributed by atoms with van der Waals surface area (Å²) in [6, 6.07) is 26.3. The van der Waals surface area contributed by atoms with Gasteiger partial charge in [-0.25, -0.2) is 4.57 Å². The molecule has 0 bridgehead atoms. The SMILES string of the molecule is COc1ccc(N2CCN(P(=O)(Oc3ccccc3)Oc3ccccc3)CC2)cc1. The van der Waals surface area contributed by atoms with Crippen LogP contribution in [-0.2, 0) is 4.57 Å². The van der Waals surface area contributed by atoms with Gasteiger partial charge in [-0.15, -0.1) is 0 Å². The van der Waals surface area contributed by atoms with Crippen LogP contribution in [-0.4, -0.2) is 38.0 Å². The van der Waals surface area contributed by atoms with Crippen molar-refractivity contribution in [2.45, 2.75) is 0 Å². The highest BCUT2D eigenvalue weighted by molar-refractivity contribution is 7.52. The van der Waals surface area contributed by atoms with E-state index in [0.717, 1.165) is 11.4 Å². The van der Waals surface area contributed by atoms with E-state index in [-0.39, 0.29) is 0 Å². The zero-order chi connectivity index (χ0) is 20.8. The van der Waals surface area contributed by atoms with Gasteiger partial charge in [0.05, 0.1) is 7.11 Å². The predicted octanol–water partition coefficient (Wildman–Crippen LogP) is 5.08. The number of hydrogen-bond donors (Lipinski definition) is 0. The first-order chi connectivity index (χ1) is 14.7. The summed E-state index contributed by atoms with van der Waals surface area (Å²) < 4.78 is 32.8. The highest BCUT2D eigenvalue weighted by Gasteiger charge is 2.39. The van der Waals surface area contributed by atoms with E-state index >= 15 is 0 Å². The average Bonchev–Trinajstić information content (AvgIpc) is 2.80. The third-order valence-electron chi connectivity index (χ3n) is 4.97. The first-order valence-electron chi connectivity index (χ1n) is 9.90. The molecule has 1 aliphatic heterocycles. The van der Waals surface area contributed by atoms with Crippen molar-refractivity contribution in [3.8, 4) is 17.2 Å². The molecule has 30 heavy (non-hydrogen) atoms. The Balaban J connectivity index is 1.50. The van der Waals surface area contributed by atoms with Crippen LogP contribution in [0, 0.1) is 0 Å². The monoisotopic (exact) mass is 424 g/mol. The molecule has 0 amide bonds. The van der Waals surface area contributed by atoms with E-state index in [2.05, 4.69) is 4.90 Å². The maximum Gasteiger partial charge on any atom is 0.515 e. The lowest BCUT2D eigenvalue weighted by molar-refractivity contribution is 0.273. The maximum absolute atomic E-state index is 13.9. The molecule has 3 aromatic rings. The average molecular weight is 424 g/mol.